The number of Topliss-reactive ketones (excluding diaryl/α,β-unsaturated/α-hetero) is 1. The van der Waals surface area contributed by atoms with Gasteiger partial charge in [0.2, 0.25) is 0 Å². The molecule has 3 aromatic carbocycles. The molecule has 184 valence electrons. The third kappa shape index (κ3) is 4.14. The van der Waals surface area contributed by atoms with Crippen LogP contribution in [0, 0.1) is 5.41 Å². The van der Waals surface area contributed by atoms with Crippen LogP contribution in [0.15, 0.2) is 91.1 Å². The molecule has 0 aliphatic heterocycles. The van der Waals surface area contributed by atoms with Crippen LogP contribution in [-0.2, 0) is 6.42 Å². The van der Waals surface area contributed by atoms with E-state index in [9.17, 15) is 4.79 Å². The molecule has 0 unspecified atom stereocenters. The van der Waals surface area contributed by atoms with Gasteiger partial charge in [0.15, 0.2) is 5.78 Å². The van der Waals surface area contributed by atoms with Crippen LogP contribution >= 0.6 is 0 Å². The van der Waals surface area contributed by atoms with E-state index in [1.807, 2.05) is 100 Å². The van der Waals surface area contributed by atoms with E-state index in [1.165, 1.54) is 0 Å². The van der Waals surface area contributed by atoms with Crippen molar-refractivity contribution in [1.82, 2.24) is 19.6 Å². The molecule has 0 bridgehead atoms. The fourth-order valence-electron chi connectivity index (χ4n) is 5.15. The van der Waals surface area contributed by atoms with Gasteiger partial charge in [-0.3, -0.25) is 4.79 Å². The van der Waals surface area contributed by atoms with Crippen LogP contribution < -0.4 is 4.74 Å². The van der Waals surface area contributed by atoms with Gasteiger partial charge in [-0.25, -0.2) is 9.36 Å². The summed E-state index contributed by atoms with van der Waals surface area (Å²) in [7, 11) is 1.66. The molecule has 1 aliphatic rings. The topological polar surface area (TPSA) is 61.9 Å². The fourth-order valence-corrected chi connectivity index (χ4v) is 5.15. The number of aromatic nitrogens is 4. The number of nitrogens with zero attached hydrogens (tertiary/aromatic N) is 4. The molecular weight excluding hydrogens is 460 g/mol. The second kappa shape index (κ2) is 8.89. The number of benzene rings is 3. The Morgan fingerprint density at radius 3 is 2.11 bits per heavy atom. The minimum absolute atomic E-state index is 0.122. The fraction of sp³-hybridized carbons (Fsp3) is 0.194. The molecule has 0 saturated carbocycles. The smallest absolute Gasteiger partial charge is 0.167 e. The number of para-hydroxylation sites is 2. The zero-order chi connectivity index (χ0) is 25.6. The number of carbonyl (C=O) groups excluding carboxylic acids is 1. The van der Waals surface area contributed by atoms with Gasteiger partial charge in [0, 0.05) is 23.7 Å². The number of methoxy groups -OCH3 is 1. The van der Waals surface area contributed by atoms with Gasteiger partial charge in [0.05, 0.1) is 35.4 Å². The van der Waals surface area contributed by atoms with Gasteiger partial charge in [-0.05, 0) is 60.4 Å². The van der Waals surface area contributed by atoms with Gasteiger partial charge >= 0.3 is 0 Å². The highest BCUT2D eigenvalue weighted by Gasteiger charge is 2.38. The molecule has 5 aromatic rings. The third-order valence-corrected chi connectivity index (χ3v) is 6.88. The van der Waals surface area contributed by atoms with Gasteiger partial charge in [0.25, 0.3) is 0 Å². The Balaban J connectivity index is 1.64. The number of fused-ring (bicyclic) bond motifs is 1. The summed E-state index contributed by atoms with van der Waals surface area (Å²) < 4.78 is 9.18. The van der Waals surface area contributed by atoms with Crippen LogP contribution in [0.4, 0.5) is 0 Å². The van der Waals surface area contributed by atoms with Crippen molar-refractivity contribution in [2.24, 2.45) is 5.41 Å². The molecule has 0 N–H and O–H groups in total. The van der Waals surface area contributed by atoms with E-state index in [0.29, 0.717) is 12.0 Å². The van der Waals surface area contributed by atoms with Crippen LogP contribution in [0.2, 0.25) is 0 Å². The molecule has 6 heteroatoms. The number of ether oxygens (including phenoxy) is 1. The first kappa shape index (κ1) is 23.0. The zero-order valence-electron chi connectivity index (χ0n) is 21.2. The number of hydrogen-bond acceptors (Lipinski definition) is 4. The number of carbonyl (C=O) groups is 1. The van der Waals surface area contributed by atoms with Crippen LogP contribution in [0.1, 0.15) is 36.3 Å². The maximum absolute atomic E-state index is 13.7. The largest absolute Gasteiger partial charge is 0.497 e. The Bertz CT molecular complexity index is 1580. The standard InChI is InChI=1S/C31H28N4O2/c1-31(2)18-26-28(27(36)19-31)30(35(32-26)23-12-8-5-9-13-23)25-20-34(22-10-6-4-7-11-22)33-29(25)21-14-16-24(37-3)17-15-21/h4-17,20H,18-19H2,1-3H3. The van der Waals surface area contributed by atoms with E-state index in [2.05, 4.69) is 13.8 Å². The van der Waals surface area contributed by atoms with Crippen molar-refractivity contribution in [2.45, 2.75) is 26.7 Å². The van der Waals surface area contributed by atoms with Crippen molar-refractivity contribution in [1.29, 1.82) is 0 Å². The van der Waals surface area contributed by atoms with Crippen molar-refractivity contribution in [3.8, 4) is 39.6 Å². The van der Waals surface area contributed by atoms with Crippen molar-refractivity contribution in [3.05, 3.63) is 102 Å². The van der Waals surface area contributed by atoms with E-state index >= 15 is 0 Å². The molecule has 0 radical (unpaired) electrons. The van der Waals surface area contributed by atoms with Gasteiger partial charge in [-0.1, -0.05) is 50.2 Å². The highest BCUT2D eigenvalue weighted by Crippen LogP contribution is 2.42. The van der Waals surface area contributed by atoms with Crippen molar-refractivity contribution < 1.29 is 9.53 Å². The lowest BCUT2D eigenvalue weighted by molar-refractivity contribution is 0.0912. The second-order valence-corrected chi connectivity index (χ2v) is 10.3. The molecule has 6 rings (SSSR count). The molecule has 6 nitrogen and oxygen atoms in total. The molecule has 2 aromatic heterocycles. The zero-order valence-corrected chi connectivity index (χ0v) is 21.2. The van der Waals surface area contributed by atoms with Crippen LogP contribution in [0.25, 0.3) is 33.9 Å². The first-order valence-corrected chi connectivity index (χ1v) is 12.4. The van der Waals surface area contributed by atoms with Crippen molar-refractivity contribution in [2.75, 3.05) is 7.11 Å². The Hall–Kier alpha value is -4.45. The van der Waals surface area contributed by atoms with Crippen LogP contribution in [-0.4, -0.2) is 32.5 Å². The summed E-state index contributed by atoms with van der Waals surface area (Å²) in [6, 6.07) is 27.9. The predicted molar refractivity (Wildman–Crippen MR) is 145 cm³/mol. The summed E-state index contributed by atoms with van der Waals surface area (Å²) in [6.07, 6.45) is 3.24. The lowest BCUT2D eigenvalue weighted by Crippen LogP contribution is -2.26. The summed E-state index contributed by atoms with van der Waals surface area (Å²) in [4.78, 5) is 13.7. The molecule has 0 amide bonds. The number of hydrogen-bond donors (Lipinski definition) is 0. The minimum Gasteiger partial charge on any atom is -0.497 e. The number of ketones is 1. The summed E-state index contributed by atoms with van der Waals surface area (Å²) in [5.41, 5.74) is 6.62. The summed E-state index contributed by atoms with van der Waals surface area (Å²) in [5, 5.41) is 10.0. The van der Waals surface area contributed by atoms with Gasteiger partial charge in [-0.2, -0.15) is 10.2 Å². The molecule has 37 heavy (non-hydrogen) atoms. The normalized spacial score (nSPS) is 14.4. The highest BCUT2D eigenvalue weighted by molar-refractivity contribution is 6.05. The quantitative estimate of drug-likeness (QED) is 0.281. The average molecular weight is 489 g/mol. The molecule has 2 heterocycles. The summed E-state index contributed by atoms with van der Waals surface area (Å²) in [5.74, 6) is 0.897. The first-order chi connectivity index (χ1) is 17.9. The molecule has 0 saturated heterocycles. The maximum Gasteiger partial charge on any atom is 0.167 e. The van der Waals surface area contributed by atoms with Gasteiger partial charge in [0.1, 0.15) is 11.4 Å². The van der Waals surface area contributed by atoms with Crippen LogP contribution in [0.3, 0.4) is 0 Å². The first-order valence-electron chi connectivity index (χ1n) is 12.4. The van der Waals surface area contributed by atoms with Gasteiger partial charge in [-0.15, -0.1) is 0 Å². The third-order valence-electron chi connectivity index (χ3n) is 6.88. The summed E-state index contributed by atoms with van der Waals surface area (Å²) in [6.45, 7) is 4.26. The molecule has 0 fully saturated rings. The number of rotatable bonds is 5. The Labute approximate surface area is 216 Å². The summed E-state index contributed by atoms with van der Waals surface area (Å²) >= 11 is 0. The average Bonchev–Trinajstić information content (AvgIpc) is 3.51. The minimum atomic E-state index is -0.135. The maximum atomic E-state index is 13.7. The SMILES string of the molecule is COc1ccc(-c2nn(-c3ccccc3)cc2-c2c3c(nn2-c2ccccc2)CC(C)(C)CC3=O)cc1. The van der Waals surface area contributed by atoms with E-state index in [0.717, 1.165) is 51.8 Å². The Kier molecular flexibility index (Phi) is 5.52. The van der Waals surface area contributed by atoms with E-state index in [4.69, 9.17) is 14.9 Å². The lowest BCUT2D eigenvalue weighted by Gasteiger charge is -2.27. The molecule has 0 atom stereocenters. The predicted octanol–water partition coefficient (Wildman–Crippen LogP) is 6.56. The Morgan fingerprint density at radius 2 is 1.46 bits per heavy atom. The van der Waals surface area contributed by atoms with Gasteiger partial charge < -0.3 is 4.74 Å². The van der Waals surface area contributed by atoms with E-state index in [-0.39, 0.29) is 11.2 Å². The second-order valence-electron chi connectivity index (χ2n) is 10.3. The lowest BCUT2D eigenvalue weighted by atomic mass is 9.75. The van der Waals surface area contributed by atoms with Crippen molar-refractivity contribution >= 4 is 5.78 Å². The van der Waals surface area contributed by atoms with E-state index < -0.39 is 0 Å². The molecular formula is C31H28N4O2. The van der Waals surface area contributed by atoms with Crippen molar-refractivity contribution in [3.63, 3.8) is 0 Å². The molecule has 1 aliphatic carbocycles. The Morgan fingerprint density at radius 1 is 0.811 bits per heavy atom. The highest BCUT2D eigenvalue weighted by atomic mass is 16.5. The van der Waals surface area contributed by atoms with E-state index in [1.54, 1.807) is 7.11 Å². The van der Waals surface area contributed by atoms with Crippen LogP contribution in [0.5, 0.6) is 5.75 Å². The monoisotopic (exact) mass is 488 g/mol. The molecule has 0 spiro atoms.